The number of hydrogen-bond donors (Lipinski definition) is 1. The molecular formula is C25H32F2N4O5S. The molecule has 2 aromatic rings. The highest BCUT2D eigenvalue weighted by Gasteiger charge is 2.30. The first-order valence-electron chi connectivity index (χ1n) is 12.5. The molecule has 0 bridgehead atoms. The lowest BCUT2D eigenvalue weighted by atomic mass is 10.1. The lowest BCUT2D eigenvalue weighted by molar-refractivity contribution is 0.0971. The van der Waals surface area contributed by atoms with Crippen molar-refractivity contribution in [3.05, 3.63) is 53.4 Å². The van der Waals surface area contributed by atoms with Gasteiger partial charge in [0.05, 0.1) is 24.1 Å². The highest BCUT2D eigenvalue weighted by molar-refractivity contribution is 7.87. The number of aromatic nitrogens is 1. The van der Waals surface area contributed by atoms with Crippen molar-refractivity contribution in [2.45, 2.75) is 39.2 Å². The third-order valence-electron chi connectivity index (χ3n) is 6.54. The molecule has 0 unspecified atom stereocenters. The number of nitrogens with one attached hydrogen (secondary N) is 1. The minimum atomic E-state index is -4.20. The fourth-order valence-corrected chi connectivity index (χ4v) is 5.11. The van der Waals surface area contributed by atoms with Crippen molar-refractivity contribution < 1.29 is 31.5 Å². The molecule has 1 aliphatic carbocycles. The van der Waals surface area contributed by atoms with Crippen LogP contribution in [-0.4, -0.2) is 67.8 Å². The van der Waals surface area contributed by atoms with Crippen molar-refractivity contribution in [1.29, 1.82) is 0 Å². The van der Waals surface area contributed by atoms with Crippen LogP contribution in [0.4, 0.5) is 8.78 Å². The Morgan fingerprint density at radius 2 is 1.84 bits per heavy atom. The van der Waals surface area contributed by atoms with E-state index < -0.39 is 45.2 Å². The molecule has 2 aliphatic rings. The van der Waals surface area contributed by atoms with E-state index in [1.165, 1.54) is 12.8 Å². The molecule has 202 valence electrons. The minimum absolute atomic E-state index is 0.195. The maximum absolute atomic E-state index is 14.9. The van der Waals surface area contributed by atoms with Gasteiger partial charge in [0.15, 0.2) is 11.6 Å². The maximum atomic E-state index is 14.9. The predicted molar refractivity (Wildman–Crippen MR) is 133 cm³/mol. The van der Waals surface area contributed by atoms with Crippen LogP contribution in [0.3, 0.4) is 0 Å². The number of piperazine rings is 1. The maximum Gasteiger partial charge on any atom is 0.304 e. The van der Waals surface area contributed by atoms with Gasteiger partial charge in [0, 0.05) is 26.2 Å². The minimum Gasteiger partial charge on any atom is -0.492 e. The monoisotopic (exact) mass is 538 g/mol. The van der Waals surface area contributed by atoms with Crippen LogP contribution in [0, 0.1) is 17.6 Å². The highest BCUT2D eigenvalue weighted by atomic mass is 32.2. The molecule has 1 atom stereocenters. The summed E-state index contributed by atoms with van der Waals surface area (Å²) in [6, 6.07) is 5.57. The molecule has 1 saturated heterocycles. The van der Waals surface area contributed by atoms with E-state index >= 15 is 0 Å². The van der Waals surface area contributed by atoms with Crippen molar-refractivity contribution >= 4 is 16.1 Å². The van der Waals surface area contributed by atoms with Crippen molar-refractivity contribution in [2.75, 3.05) is 39.3 Å². The van der Waals surface area contributed by atoms with E-state index in [2.05, 4.69) is 9.88 Å². The molecule has 1 aromatic carbocycles. The quantitative estimate of drug-likeness (QED) is 0.469. The molecular weight excluding hydrogens is 506 g/mol. The second-order valence-electron chi connectivity index (χ2n) is 9.20. The van der Waals surface area contributed by atoms with Gasteiger partial charge in [-0.05, 0) is 56.0 Å². The molecule has 2 fully saturated rings. The Hall–Kier alpha value is -2.83. The summed E-state index contributed by atoms with van der Waals surface area (Å²) in [6.45, 7) is 6.64. The van der Waals surface area contributed by atoms with Crippen LogP contribution in [0.2, 0.25) is 0 Å². The van der Waals surface area contributed by atoms with Crippen LogP contribution in [0.5, 0.6) is 11.5 Å². The second kappa shape index (κ2) is 11.7. The number of hydrogen-bond acceptors (Lipinski definition) is 7. The summed E-state index contributed by atoms with van der Waals surface area (Å²) in [5.74, 6) is -3.31. The molecule has 1 N–H and O–H groups in total. The van der Waals surface area contributed by atoms with Crippen LogP contribution in [-0.2, 0) is 10.2 Å². The van der Waals surface area contributed by atoms with Crippen LogP contribution < -0.4 is 14.2 Å². The van der Waals surface area contributed by atoms with Gasteiger partial charge in [-0.1, -0.05) is 13.8 Å². The van der Waals surface area contributed by atoms with Gasteiger partial charge in [0.25, 0.3) is 5.91 Å². The standard InChI is InChI=1S/C25H32F2N4O5S/c1-3-21(20-9-7-18(15-28-20)35-16-17-5-6-17)36-22-10-8-19(23(26)24(22)27)25(32)29-37(33,34)31-13-11-30(4-2)12-14-31/h7-10,15,17,21H,3-6,11-14,16H2,1-2H3,(H,29,32)/t21-/m1/s1. The average molecular weight is 539 g/mol. The molecule has 1 saturated carbocycles. The number of halogens is 2. The third-order valence-corrected chi connectivity index (χ3v) is 8.03. The van der Waals surface area contributed by atoms with E-state index in [4.69, 9.17) is 9.47 Å². The number of pyridine rings is 1. The smallest absolute Gasteiger partial charge is 0.304 e. The van der Waals surface area contributed by atoms with Gasteiger partial charge in [-0.15, -0.1) is 0 Å². The van der Waals surface area contributed by atoms with E-state index in [0.29, 0.717) is 43.5 Å². The van der Waals surface area contributed by atoms with Crippen LogP contribution in [0.25, 0.3) is 0 Å². The molecule has 12 heteroatoms. The summed E-state index contributed by atoms with van der Waals surface area (Å²) >= 11 is 0. The molecule has 37 heavy (non-hydrogen) atoms. The number of carbonyl (C=O) groups is 1. The summed E-state index contributed by atoms with van der Waals surface area (Å²) in [5.41, 5.74) is -0.221. The average Bonchev–Trinajstić information content (AvgIpc) is 3.73. The van der Waals surface area contributed by atoms with Gasteiger partial charge >= 0.3 is 10.2 Å². The highest BCUT2D eigenvalue weighted by Crippen LogP contribution is 2.31. The summed E-state index contributed by atoms with van der Waals surface area (Å²) in [7, 11) is -4.20. The first kappa shape index (κ1) is 27.2. The summed E-state index contributed by atoms with van der Waals surface area (Å²) < 4.78 is 69.2. The van der Waals surface area contributed by atoms with Crippen LogP contribution in [0.1, 0.15) is 55.3 Å². The molecule has 1 amide bonds. The summed E-state index contributed by atoms with van der Waals surface area (Å²) in [5, 5.41) is 0. The lowest BCUT2D eigenvalue weighted by Gasteiger charge is -2.32. The fraction of sp³-hybridized carbons (Fsp3) is 0.520. The van der Waals surface area contributed by atoms with Crippen LogP contribution in [0.15, 0.2) is 30.5 Å². The molecule has 0 spiro atoms. The van der Waals surface area contributed by atoms with Crippen molar-refractivity contribution in [3.63, 3.8) is 0 Å². The molecule has 0 radical (unpaired) electrons. The van der Waals surface area contributed by atoms with Gasteiger partial charge in [-0.2, -0.15) is 17.1 Å². The van der Waals surface area contributed by atoms with E-state index in [0.717, 1.165) is 23.0 Å². The van der Waals surface area contributed by atoms with E-state index in [1.807, 2.05) is 18.6 Å². The normalized spacial score (nSPS) is 17.8. The Balaban J connectivity index is 1.41. The van der Waals surface area contributed by atoms with E-state index in [-0.39, 0.29) is 13.1 Å². The van der Waals surface area contributed by atoms with Gasteiger partial charge in [-0.25, -0.2) is 9.11 Å². The number of carbonyl (C=O) groups excluding carboxylic acids is 1. The zero-order valence-corrected chi connectivity index (χ0v) is 21.8. The second-order valence-corrected chi connectivity index (χ2v) is 10.9. The lowest BCUT2D eigenvalue weighted by Crippen LogP contribution is -2.52. The zero-order chi connectivity index (χ0) is 26.6. The molecule has 2 heterocycles. The first-order chi connectivity index (χ1) is 17.7. The summed E-state index contributed by atoms with van der Waals surface area (Å²) in [6.07, 6.45) is 3.66. The first-order valence-corrected chi connectivity index (χ1v) is 13.9. The molecule has 1 aromatic heterocycles. The Bertz CT molecular complexity index is 1200. The Morgan fingerprint density at radius 3 is 2.43 bits per heavy atom. The number of ether oxygens (including phenoxy) is 2. The largest absolute Gasteiger partial charge is 0.492 e. The topological polar surface area (TPSA) is 101 Å². The number of nitrogens with zero attached hydrogens (tertiary/aromatic N) is 3. The summed E-state index contributed by atoms with van der Waals surface area (Å²) in [4.78, 5) is 18.9. The zero-order valence-electron chi connectivity index (χ0n) is 21.0. The predicted octanol–water partition coefficient (Wildman–Crippen LogP) is 3.29. The van der Waals surface area contributed by atoms with Crippen molar-refractivity contribution in [3.8, 4) is 11.5 Å². The van der Waals surface area contributed by atoms with Crippen molar-refractivity contribution in [1.82, 2.24) is 18.9 Å². The fourth-order valence-electron chi connectivity index (χ4n) is 3.99. The Kier molecular flexibility index (Phi) is 8.60. The van der Waals surface area contributed by atoms with Gasteiger partial charge in [0.2, 0.25) is 5.82 Å². The van der Waals surface area contributed by atoms with Gasteiger partial charge in [-0.3, -0.25) is 9.78 Å². The third kappa shape index (κ3) is 6.74. The van der Waals surface area contributed by atoms with E-state index in [9.17, 15) is 22.0 Å². The van der Waals surface area contributed by atoms with Gasteiger partial charge in [0.1, 0.15) is 11.9 Å². The van der Waals surface area contributed by atoms with Crippen molar-refractivity contribution in [2.24, 2.45) is 5.92 Å². The molecule has 1 aliphatic heterocycles. The Morgan fingerprint density at radius 1 is 1.11 bits per heavy atom. The number of benzene rings is 1. The number of rotatable bonds is 11. The van der Waals surface area contributed by atoms with E-state index in [1.54, 1.807) is 18.3 Å². The number of amides is 1. The molecule has 4 rings (SSSR count). The SMILES string of the molecule is CC[C@@H](Oc1ccc(C(=O)NS(=O)(=O)N2CCN(CC)CC2)c(F)c1F)c1ccc(OCC2CC2)cn1. The molecule has 9 nitrogen and oxygen atoms in total. The van der Waals surface area contributed by atoms with Crippen LogP contribution >= 0.6 is 0 Å². The number of likely N-dealkylation sites (N-methyl/N-ethyl adjacent to an activating group) is 1. The Labute approximate surface area is 215 Å². The van der Waals surface area contributed by atoms with Gasteiger partial charge < -0.3 is 14.4 Å².